The Morgan fingerprint density at radius 1 is 0.714 bits per heavy atom. The molecule has 0 bridgehead atoms. The maximum Gasteiger partial charge on any atom is -0.0360 e. The molecule has 0 saturated heterocycles. The van der Waals surface area contributed by atoms with E-state index in [1.165, 1.54) is 25.7 Å². The molecule has 0 spiro atoms. The third-order valence-electron chi connectivity index (χ3n) is 3.59. The van der Waals surface area contributed by atoms with Gasteiger partial charge in [-0.1, -0.05) is 54.4 Å². The fourth-order valence-electron chi connectivity index (χ4n) is 2.84. The lowest BCUT2D eigenvalue weighted by Crippen LogP contribution is -2.27. The minimum absolute atomic E-state index is 0.901. The van der Waals surface area contributed by atoms with E-state index in [2.05, 4.69) is 27.7 Å². The Labute approximate surface area is 91.5 Å². The van der Waals surface area contributed by atoms with Crippen LogP contribution in [0.2, 0.25) is 0 Å². The summed E-state index contributed by atoms with van der Waals surface area (Å²) in [6.07, 6.45) is 5.93. The molecule has 0 aromatic carbocycles. The maximum atomic E-state index is 2.39. The third-order valence-corrected chi connectivity index (χ3v) is 3.59. The molecule has 0 nitrogen and oxygen atoms in total. The normalized spacial score (nSPS) is 27.4. The number of rotatable bonds is 2. The van der Waals surface area contributed by atoms with Gasteiger partial charge in [0.2, 0.25) is 0 Å². The highest BCUT2D eigenvalue weighted by Crippen LogP contribution is 2.38. The van der Waals surface area contributed by atoms with E-state index in [1.807, 2.05) is 13.8 Å². The molecule has 0 aromatic rings. The molecule has 0 aromatic heterocycles. The highest BCUT2D eigenvalue weighted by molar-refractivity contribution is 4.79. The van der Waals surface area contributed by atoms with Crippen LogP contribution in [-0.2, 0) is 0 Å². The molecule has 0 radical (unpaired) electrons. The van der Waals surface area contributed by atoms with Crippen molar-refractivity contribution in [3.8, 4) is 0 Å². The van der Waals surface area contributed by atoms with Gasteiger partial charge in [-0.15, -0.1) is 0 Å². The molecule has 1 aliphatic carbocycles. The first kappa shape index (κ1) is 14.0. The summed E-state index contributed by atoms with van der Waals surface area (Å²) in [4.78, 5) is 0. The zero-order valence-electron chi connectivity index (χ0n) is 11.1. The Hall–Kier alpha value is 0. The van der Waals surface area contributed by atoms with Gasteiger partial charge in [-0.3, -0.25) is 0 Å². The van der Waals surface area contributed by atoms with Crippen LogP contribution >= 0.6 is 0 Å². The first-order valence-electron chi connectivity index (χ1n) is 6.63. The van der Waals surface area contributed by atoms with Gasteiger partial charge < -0.3 is 0 Å². The van der Waals surface area contributed by atoms with Gasteiger partial charge >= 0.3 is 0 Å². The van der Waals surface area contributed by atoms with Crippen LogP contribution in [0, 0.1) is 23.7 Å². The van der Waals surface area contributed by atoms with Gasteiger partial charge in [-0.05, 0) is 36.5 Å². The van der Waals surface area contributed by atoms with Gasteiger partial charge in [0, 0.05) is 0 Å². The van der Waals surface area contributed by atoms with Crippen LogP contribution in [0.4, 0.5) is 0 Å². The monoisotopic (exact) mass is 198 g/mol. The van der Waals surface area contributed by atoms with E-state index in [1.54, 1.807) is 0 Å². The van der Waals surface area contributed by atoms with Crippen LogP contribution in [0.3, 0.4) is 0 Å². The van der Waals surface area contributed by atoms with Crippen LogP contribution in [-0.4, -0.2) is 0 Å². The van der Waals surface area contributed by atoms with E-state index < -0.39 is 0 Å². The largest absolute Gasteiger partial charge is 0.0683 e. The minimum atomic E-state index is 0.901. The Morgan fingerprint density at radius 3 is 1.21 bits per heavy atom. The average molecular weight is 198 g/mol. The fraction of sp³-hybridized carbons (Fsp3) is 1.00. The summed E-state index contributed by atoms with van der Waals surface area (Å²) in [5, 5.41) is 0. The lowest BCUT2D eigenvalue weighted by molar-refractivity contribution is 0.136. The van der Waals surface area contributed by atoms with Gasteiger partial charge in [-0.25, -0.2) is 0 Å². The summed E-state index contributed by atoms with van der Waals surface area (Å²) in [6, 6.07) is 0. The molecule has 1 aliphatic rings. The van der Waals surface area contributed by atoms with Crippen molar-refractivity contribution < 1.29 is 0 Å². The Kier molecular flexibility index (Phi) is 7.31. The second kappa shape index (κ2) is 7.31. The van der Waals surface area contributed by atoms with Crippen molar-refractivity contribution in [3.63, 3.8) is 0 Å². The summed E-state index contributed by atoms with van der Waals surface area (Å²) in [5.41, 5.74) is 0. The van der Waals surface area contributed by atoms with E-state index >= 15 is 0 Å². The van der Waals surface area contributed by atoms with E-state index in [9.17, 15) is 0 Å². The van der Waals surface area contributed by atoms with Gasteiger partial charge in [0.25, 0.3) is 0 Å². The summed E-state index contributed by atoms with van der Waals surface area (Å²) in [6.45, 7) is 13.6. The van der Waals surface area contributed by atoms with Gasteiger partial charge in [0.1, 0.15) is 0 Å². The smallest absolute Gasteiger partial charge is 0.0360 e. The Morgan fingerprint density at radius 2 is 1.00 bits per heavy atom. The topological polar surface area (TPSA) is 0 Å². The Bertz CT molecular complexity index is 108. The molecule has 0 aliphatic heterocycles. The second-order valence-electron chi connectivity index (χ2n) is 5.10. The molecule has 0 heteroatoms. The SMILES string of the molecule is CC.CC(C)[C@H]1CCCC[C@H]1C(C)C. The van der Waals surface area contributed by atoms with Crippen LogP contribution < -0.4 is 0 Å². The van der Waals surface area contributed by atoms with Gasteiger partial charge in [0.05, 0.1) is 0 Å². The lowest BCUT2D eigenvalue weighted by atomic mass is 9.69. The van der Waals surface area contributed by atoms with Crippen molar-refractivity contribution >= 4 is 0 Å². The highest BCUT2D eigenvalue weighted by atomic mass is 14.3. The van der Waals surface area contributed by atoms with E-state index in [0.717, 1.165) is 23.7 Å². The molecule has 0 heterocycles. The van der Waals surface area contributed by atoms with Crippen molar-refractivity contribution in [3.05, 3.63) is 0 Å². The van der Waals surface area contributed by atoms with Crippen molar-refractivity contribution in [2.45, 2.75) is 67.2 Å². The molecule has 0 amide bonds. The zero-order chi connectivity index (χ0) is 11.1. The first-order chi connectivity index (χ1) is 6.63. The molecule has 0 unspecified atom stereocenters. The fourth-order valence-corrected chi connectivity index (χ4v) is 2.84. The Balaban J connectivity index is 0.000000791. The lowest BCUT2D eigenvalue weighted by Gasteiger charge is -2.37. The molecule has 0 N–H and O–H groups in total. The van der Waals surface area contributed by atoms with E-state index in [4.69, 9.17) is 0 Å². The second-order valence-corrected chi connectivity index (χ2v) is 5.10. The van der Waals surface area contributed by atoms with Crippen LogP contribution in [0.15, 0.2) is 0 Å². The van der Waals surface area contributed by atoms with Crippen LogP contribution in [0.1, 0.15) is 67.2 Å². The number of hydrogen-bond donors (Lipinski definition) is 0. The molecule has 1 fully saturated rings. The molecule has 2 atom stereocenters. The third kappa shape index (κ3) is 4.02. The molecule has 86 valence electrons. The van der Waals surface area contributed by atoms with Crippen molar-refractivity contribution in [2.24, 2.45) is 23.7 Å². The predicted octanol–water partition coefficient (Wildman–Crippen LogP) is 5.13. The maximum absolute atomic E-state index is 2.39. The minimum Gasteiger partial charge on any atom is -0.0683 e. The summed E-state index contributed by atoms with van der Waals surface area (Å²) in [7, 11) is 0. The predicted molar refractivity (Wildman–Crippen MR) is 66.5 cm³/mol. The standard InChI is InChI=1S/C12H24.C2H6/c1-9(2)11-7-5-6-8-12(11)10(3)4;1-2/h9-12H,5-8H2,1-4H3;1-2H3/t11-,12+;. The van der Waals surface area contributed by atoms with Crippen molar-refractivity contribution in [2.75, 3.05) is 0 Å². The van der Waals surface area contributed by atoms with Gasteiger partial charge in [0.15, 0.2) is 0 Å². The van der Waals surface area contributed by atoms with Crippen molar-refractivity contribution in [1.82, 2.24) is 0 Å². The van der Waals surface area contributed by atoms with E-state index in [-0.39, 0.29) is 0 Å². The van der Waals surface area contributed by atoms with E-state index in [0.29, 0.717) is 0 Å². The quantitative estimate of drug-likeness (QED) is 0.577. The zero-order valence-corrected chi connectivity index (χ0v) is 11.1. The molecular formula is C14H30. The summed E-state index contributed by atoms with van der Waals surface area (Å²) < 4.78 is 0. The number of hydrogen-bond acceptors (Lipinski definition) is 0. The first-order valence-corrected chi connectivity index (χ1v) is 6.63. The summed E-state index contributed by atoms with van der Waals surface area (Å²) in [5.74, 6) is 3.83. The average Bonchev–Trinajstić information content (AvgIpc) is 2.20. The highest BCUT2D eigenvalue weighted by Gasteiger charge is 2.29. The molecule has 14 heavy (non-hydrogen) atoms. The van der Waals surface area contributed by atoms with Crippen molar-refractivity contribution in [1.29, 1.82) is 0 Å². The summed E-state index contributed by atoms with van der Waals surface area (Å²) >= 11 is 0. The van der Waals surface area contributed by atoms with Crippen LogP contribution in [0.5, 0.6) is 0 Å². The van der Waals surface area contributed by atoms with Gasteiger partial charge in [-0.2, -0.15) is 0 Å². The van der Waals surface area contributed by atoms with Crippen LogP contribution in [0.25, 0.3) is 0 Å². The molecular weight excluding hydrogens is 168 g/mol. The molecule has 1 saturated carbocycles. The molecule has 1 rings (SSSR count).